The smallest absolute Gasteiger partial charge is 0.305 e. The van der Waals surface area contributed by atoms with Crippen LogP contribution in [0.5, 0.6) is 0 Å². The number of hydrogen-bond donors (Lipinski definition) is 1. The molecule has 2 heterocycles. The van der Waals surface area contributed by atoms with Gasteiger partial charge in [0.25, 0.3) is 0 Å². The molecule has 0 aromatic heterocycles. The second-order valence-corrected chi connectivity index (χ2v) is 22.6. The average Bonchev–Trinajstić information content (AvgIpc) is 3.56. The van der Waals surface area contributed by atoms with Gasteiger partial charge in [0.2, 0.25) is 5.69 Å². The number of aliphatic carboxylic acids is 1. The van der Waals surface area contributed by atoms with E-state index in [4.69, 9.17) is 26.2 Å². The molecule has 2 aromatic carbocycles. The lowest BCUT2D eigenvalue weighted by Gasteiger charge is -2.31. The van der Waals surface area contributed by atoms with Gasteiger partial charge in [0, 0.05) is 64.7 Å². The maximum Gasteiger partial charge on any atom is 0.305 e. The zero-order valence-electron chi connectivity index (χ0n) is 35.9. The van der Waals surface area contributed by atoms with Gasteiger partial charge in [-0.25, -0.2) is 33.7 Å². The SMILES string of the molecule is COCCN1/C(=C/C=C2\CCCC(/C=C/C3=[N+](CCOCCC(=O)O)c4ccc(S(=O)(=O)[O-])cc4C3(C)CCCS(=O)(=O)[O-])=C2Cl)C(C)(CCCS(=O)(=O)[O-])c2cc(S(=O)(=O)[O-])ccc21. The van der Waals surface area contributed by atoms with Crippen LogP contribution in [0.1, 0.15) is 76.3 Å². The van der Waals surface area contributed by atoms with E-state index in [-0.39, 0.29) is 65.0 Å². The van der Waals surface area contributed by atoms with Crippen LogP contribution < -0.4 is 4.90 Å². The molecule has 23 heteroatoms. The van der Waals surface area contributed by atoms with E-state index in [1.54, 1.807) is 42.7 Å². The molecule has 2 aliphatic heterocycles. The van der Waals surface area contributed by atoms with Gasteiger partial charge in [-0.1, -0.05) is 23.8 Å². The molecule has 0 saturated carbocycles. The monoisotopic (exact) mass is 1000 g/mol. The molecule has 5 rings (SSSR count). The summed E-state index contributed by atoms with van der Waals surface area (Å²) >= 11 is 7.15. The van der Waals surface area contributed by atoms with Gasteiger partial charge in [-0.05, 0) is 112 Å². The number of carbonyl (C=O) groups is 1. The Hall–Kier alpha value is -3.81. The van der Waals surface area contributed by atoms with Crippen molar-refractivity contribution in [3.8, 4) is 0 Å². The third-order valence-corrected chi connectivity index (χ3v) is 15.6. The minimum atomic E-state index is -4.93. The number of fused-ring (bicyclic) bond motifs is 2. The lowest BCUT2D eigenvalue weighted by molar-refractivity contribution is -0.442. The number of nitrogens with zero attached hydrogens (tertiary/aromatic N) is 2. The van der Waals surface area contributed by atoms with Crippen molar-refractivity contribution >= 4 is 75.1 Å². The third kappa shape index (κ3) is 12.8. The summed E-state index contributed by atoms with van der Waals surface area (Å²) in [5, 5.41) is 9.46. The van der Waals surface area contributed by atoms with Crippen molar-refractivity contribution in [3.05, 3.63) is 93.7 Å². The van der Waals surface area contributed by atoms with Crippen molar-refractivity contribution in [1.82, 2.24) is 0 Å². The van der Waals surface area contributed by atoms with Crippen LogP contribution in [0.3, 0.4) is 0 Å². The number of anilines is 1. The van der Waals surface area contributed by atoms with Gasteiger partial charge >= 0.3 is 5.97 Å². The van der Waals surface area contributed by atoms with Crippen molar-refractivity contribution in [2.45, 2.75) is 85.8 Å². The molecule has 2 atom stereocenters. The molecule has 0 fully saturated rings. The largest absolute Gasteiger partial charge is 0.748 e. The molecule has 358 valence electrons. The molecule has 1 aliphatic carbocycles. The molecule has 18 nitrogen and oxygen atoms in total. The van der Waals surface area contributed by atoms with Crippen LogP contribution in [-0.4, -0.2) is 125 Å². The van der Waals surface area contributed by atoms with E-state index in [0.29, 0.717) is 69.4 Å². The molecule has 0 bridgehead atoms. The fourth-order valence-corrected chi connectivity index (χ4v) is 11.1. The number of hydrogen-bond acceptors (Lipinski definition) is 16. The van der Waals surface area contributed by atoms with E-state index in [9.17, 15) is 56.7 Å². The minimum Gasteiger partial charge on any atom is -0.748 e. The molecular formula is C42H50ClN2O16S4-3. The first-order valence-electron chi connectivity index (χ1n) is 20.5. The number of methoxy groups -OCH3 is 1. The summed E-state index contributed by atoms with van der Waals surface area (Å²) in [4.78, 5) is 12.0. The van der Waals surface area contributed by atoms with Crippen molar-refractivity contribution in [2.24, 2.45) is 0 Å². The molecule has 0 amide bonds. The second-order valence-electron chi connectivity index (χ2n) is 16.4. The zero-order chi connectivity index (χ0) is 48.2. The molecule has 65 heavy (non-hydrogen) atoms. The van der Waals surface area contributed by atoms with Crippen LogP contribution in [0, 0.1) is 0 Å². The third-order valence-electron chi connectivity index (χ3n) is 11.9. The second kappa shape index (κ2) is 20.6. The van der Waals surface area contributed by atoms with Crippen LogP contribution in [0.4, 0.5) is 11.4 Å². The molecule has 0 radical (unpaired) electrons. The molecular weight excluding hydrogens is 952 g/mol. The molecule has 2 unspecified atom stereocenters. The number of halogens is 1. The van der Waals surface area contributed by atoms with Crippen LogP contribution in [0.2, 0.25) is 0 Å². The Morgan fingerprint density at radius 3 is 2.00 bits per heavy atom. The quantitative estimate of drug-likeness (QED) is 0.0967. The van der Waals surface area contributed by atoms with Crippen molar-refractivity contribution in [2.75, 3.05) is 56.4 Å². The maximum atomic E-state index is 12.2. The summed E-state index contributed by atoms with van der Waals surface area (Å²) in [5.41, 5.74) is 2.11. The summed E-state index contributed by atoms with van der Waals surface area (Å²) in [6, 6.07) is 7.80. The summed E-state index contributed by atoms with van der Waals surface area (Å²) in [6.07, 6.45) is 8.42. The zero-order valence-corrected chi connectivity index (χ0v) is 39.9. The Morgan fingerprint density at radius 2 is 1.42 bits per heavy atom. The number of carboxylic acids is 1. The van der Waals surface area contributed by atoms with Crippen LogP contribution >= 0.6 is 11.6 Å². The predicted molar refractivity (Wildman–Crippen MR) is 235 cm³/mol. The summed E-state index contributed by atoms with van der Waals surface area (Å²) in [7, 11) is -17.6. The van der Waals surface area contributed by atoms with Crippen LogP contribution in [0.15, 0.2) is 92.4 Å². The number of benzene rings is 2. The Bertz CT molecular complexity index is 2800. The maximum absolute atomic E-state index is 12.2. The minimum absolute atomic E-state index is 0.0204. The highest BCUT2D eigenvalue weighted by Gasteiger charge is 2.48. The van der Waals surface area contributed by atoms with E-state index in [1.807, 2.05) is 4.90 Å². The Morgan fingerprint density at radius 1 is 0.815 bits per heavy atom. The number of rotatable bonds is 22. The highest BCUT2D eigenvalue weighted by molar-refractivity contribution is 7.86. The van der Waals surface area contributed by atoms with Gasteiger partial charge in [0.15, 0.2) is 12.3 Å². The average molecular weight is 1000 g/mol. The Kier molecular flexibility index (Phi) is 16.5. The van der Waals surface area contributed by atoms with Crippen LogP contribution in [0.25, 0.3) is 0 Å². The summed E-state index contributed by atoms with van der Waals surface area (Å²) in [6.45, 7) is 4.06. The molecule has 3 aliphatic rings. The van der Waals surface area contributed by atoms with Gasteiger partial charge in [-0.2, -0.15) is 4.58 Å². The molecule has 0 saturated heterocycles. The number of allylic oxidation sites excluding steroid dienone is 8. The van der Waals surface area contributed by atoms with Crippen molar-refractivity contribution in [3.63, 3.8) is 0 Å². The van der Waals surface area contributed by atoms with E-state index < -0.39 is 78.6 Å². The van der Waals surface area contributed by atoms with Crippen molar-refractivity contribution in [1.29, 1.82) is 0 Å². The highest BCUT2D eigenvalue weighted by atomic mass is 35.5. The van der Waals surface area contributed by atoms with E-state index >= 15 is 0 Å². The first kappa shape index (κ1) is 52.2. The first-order chi connectivity index (χ1) is 30.2. The normalized spacial score (nSPS) is 21.9. The van der Waals surface area contributed by atoms with E-state index in [0.717, 1.165) is 6.07 Å². The molecule has 2 aromatic rings. The number of carboxylic acid groups (broad SMARTS) is 1. The summed E-state index contributed by atoms with van der Waals surface area (Å²) in [5.74, 6) is -2.45. The van der Waals surface area contributed by atoms with E-state index in [2.05, 4.69) is 0 Å². The highest BCUT2D eigenvalue weighted by Crippen LogP contribution is 2.51. The summed E-state index contributed by atoms with van der Waals surface area (Å²) < 4.78 is 156. The van der Waals surface area contributed by atoms with Crippen LogP contribution in [-0.2, 0) is 65.6 Å². The lowest BCUT2D eigenvalue weighted by Crippen LogP contribution is -2.32. The van der Waals surface area contributed by atoms with Gasteiger partial charge in [-0.15, -0.1) is 0 Å². The van der Waals surface area contributed by atoms with Gasteiger partial charge < -0.3 is 37.7 Å². The van der Waals surface area contributed by atoms with Gasteiger partial charge in [-0.3, -0.25) is 4.79 Å². The Balaban J connectivity index is 1.62. The fraction of sp³-hybridized carbons (Fsp3) is 0.476. The Labute approximate surface area is 385 Å². The van der Waals surface area contributed by atoms with Gasteiger partial charge in [0.1, 0.15) is 26.8 Å². The molecule has 0 spiro atoms. The lowest BCUT2D eigenvalue weighted by atomic mass is 9.75. The van der Waals surface area contributed by atoms with E-state index in [1.165, 1.54) is 37.4 Å². The molecule has 1 N–H and O–H groups in total. The standard InChI is InChI=1S/C42H53ClN2O16S4/c1-41(18-5-25-62(48,49)50)33-27-31(64(54,55)56)11-13-35(33)44(20-23-60-3)37(41)15-9-29-7-4-8-30(40(29)43)10-16-38-42(2,19-6-26-63(51,52)53)34-28-32(65(57,58)59)12-14-36(34)45(38)21-24-61-22-17-39(46)47/h9-16,27-28H,4-8,17-26H2,1-3H3,(H4-,46,47,48,49,50,51,52,53,54,55,56,57,58,59)/p-3. The predicted octanol–water partition coefficient (Wildman–Crippen LogP) is 4.46. The fourth-order valence-electron chi connectivity index (χ4n) is 8.75. The first-order valence-corrected chi connectivity index (χ1v) is 26.8. The van der Waals surface area contributed by atoms with Crippen molar-refractivity contribution < 1.29 is 75.8 Å². The van der Waals surface area contributed by atoms with Gasteiger partial charge in [0.05, 0.1) is 55.1 Å². The number of ether oxygens (including phenoxy) is 2. The topological polar surface area (TPSA) is 291 Å².